The number of nitro groups is 1. The van der Waals surface area contributed by atoms with Crippen LogP contribution in [0.4, 0.5) is 11.4 Å². The van der Waals surface area contributed by atoms with Gasteiger partial charge in [-0.3, -0.25) is 19.6 Å². The van der Waals surface area contributed by atoms with Crippen LogP contribution in [0.1, 0.15) is 22.4 Å². The maximum atomic E-state index is 13.8. The first kappa shape index (κ1) is 23.0. The van der Waals surface area contributed by atoms with Crippen LogP contribution >= 0.6 is 0 Å². The molecule has 4 aromatic rings. The van der Waals surface area contributed by atoms with Crippen molar-refractivity contribution in [2.24, 2.45) is 7.05 Å². The summed E-state index contributed by atoms with van der Waals surface area (Å²) in [5.41, 5.74) is 0.418. The third-order valence-electron chi connectivity index (χ3n) is 6.19. The lowest BCUT2D eigenvalue weighted by molar-refractivity contribution is -0.385. The third-order valence-corrected chi connectivity index (χ3v) is 6.19. The van der Waals surface area contributed by atoms with Crippen LogP contribution < -0.4 is 10.5 Å². The third kappa shape index (κ3) is 3.68. The van der Waals surface area contributed by atoms with Crippen LogP contribution in [-0.2, 0) is 12.6 Å². The highest BCUT2D eigenvalue weighted by molar-refractivity contribution is 5.55. The van der Waals surface area contributed by atoms with E-state index in [9.17, 15) is 20.0 Å². The molecule has 1 heterocycles. The lowest BCUT2D eigenvalue weighted by Gasteiger charge is -2.29. The van der Waals surface area contributed by atoms with Crippen molar-refractivity contribution in [2.75, 3.05) is 19.0 Å². The molecule has 3 aromatic carbocycles. The Labute approximate surface area is 197 Å². The van der Waals surface area contributed by atoms with Crippen molar-refractivity contribution in [1.29, 1.82) is 0 Å². The van der Waals surface area contributed by atoms with Gasteiger partial charge in [-0.2, -0.15) is 0 Å². The normalized spacial score (nSPS) is 12.9. The molecule has 4 rings (SSSR count). The summed E-state index contributed by atoms with van der Waals surface area (Å²) >= 11 is 0. The average Bonchev–Trinajstić information content (AvgIpc) is 3.07. The molecule has 8 nitrogen and oxygen atoms in total. The Morgan fingerprint density at radius 3 is 2.18 bits per heavy atom. The van der Waals surface area contributed by atoms with Crippen molar-refractivity contribution in [2.45, 2.75) is 12.5 Å². The summed E-state index contributed by atoms with van der Waals surface area (Å²) in [6.45, 7) is 1.76. The van der Waals surface area contributed by atoms with Crippen molar-refractivity contribution in [3.8, 4) is 5.69 Å². The fourth-order valence-corrected chi connectivity index (χ4v) is 4.29. The fourth-order valence-electron chi connectivity index (χ4n) is 4.29. The van der Waals surface area contributed by atoms with E-state index in [-0.39, 0.29) is 16.8 Å². The van der Waals surface area contributed by atoms with Gasteiger partial charge in [0.2, 0.25) is 0 Å². The number of aliphatic hydroxyl groups is 1. The van der Waals surface area contributed by atoms with E-state index < -0.39 is 16.1 Å². The van der Waals surface area contributed by atoms with E-state index in [2.05, 4.69) is 0 Å². The number of anilines is 1. The summed E-state index contributed by atoms with van der Waals surface area (Å²) in [6.07, 6.45) is 0. The molecule has 1 atom stereocenters. The Balaban J connectivity index is 2.05. The number of hydrogen-bond acceptors (Lipinski definition) is 5. The highest BCUT2D eigenvalue weighted by atomic mass is 16.6. The van der Waals surface area contributed by atoms with Crippen LogP contribution in [0.25, 0.3) is 5.69 Å². The molecule has 174 valence electrons. The molecule has 0 bridgehead atoms. The second-order valence-corrected chi connectivity index (χ2v) is 8.40. The Kier molecular flexibility index (Phi) is 5.85. The summed E-state index contributed by atoms with van der Waals surface area (Å²) in [5.74, 6) is 0. The van der Waals surface area contributed by atoms with Crippen molar-refractivity contribution < 1.29 is 10.0 Å². The minimum Gasteiger partial charge on any atom is -0.378 e. The minimum atomic E-state index is -1.92. The van der Waals surface area contributed by atoms with Gasteiger partial charge in [-0.1, -0.05) is 42.5 Å². The molecule has 1 aromatic heterocycles. The number of nitro benzene ring substituents is 1. The van der Waals surface area contributed by atoms with Gasteiger partial charge in [-0.25, -0.2) is 4.68 Å². The number of benzene rings is 3. The maximum absolute atomic E-state index is 13.8. The molecule has 1 N–H and O–H groups in total. The van der Waals surface area contributed by atoms with E-state index in [4.69, 9.17) is 0 Å². The van der Waals surface area contributed by atoms with Crippen LogP contribution in [0.5, 0.6) is 0 Å². The van der Waals surface area contributed by atoms with Crippen molar-refractivity contribution in [1.82, 2.24) is 9.36 Å². The summed E-state index contributed by atoms with van der Waals surface area (Å²) in [4.78, 5) is 26.7. The van der Waals surface area contributed by atoms with Crippen LogP contribution in [0, 0.1) is 17.0 Å². The average molecular weight is 459 g/mol. The topological polar surface area (TPSA) is 93.5 Å². The Morgan fingerprint density at radius 1 is 0.941 bits per heavy atom. The smallest absolute Gasteiger partial charge is 0.278 e. The molecule has 0 fully saturated rings. The van der Waals surface area contributed by atoms with Crippen LogP contribution in [0.3, 0.4) is 0 Å². The van der Waals surface area contributed by atoms with E-state index >= 15 is 0 Å². The second-order valence-electron chi connectivity index (χ2n) is 8.40. The van der Waals surface area contributed by atoms with Crippen LogP contribution in [0.2, 0.25) is 0 Å². The van der Waals surface area contributed by atoms with Gasteiger partial charge in [0, 0.05) is 44.7 Å². The van der Waals surface area contributed by atoms with Gasteiger partial charge < -0.3 is 10.0 Å². The number of aromatic nitrogens is 2. The van der Waals surface area contributed by atoms with E-state index in [1.807, 2.05) is 61.5 Å². The van der Waals surface area contributed by atoms with Crippen LogP contribution in [0.15, 0.2) is 83.7 Å². The quantitative estimate of drug-likeness (QED) is 0.351. The molecule has 34 heavy (non-hydrogen) atoms. The molecule has 0 saturated carbocycles. The summed E-state index contributed by atoms with van der Waals surface area (Å²) in [7, 11) is 5.56. The largest absolute Gasteiger partial charge is 0.378 e. The number of para-hydroxylation sites is 1. The van der Waals surface area contributed by atoms with Crippen LogP contribution in [-0.4, -0.2) is 33.5 Å². The lowest BCUT2D eigenvalue weighted by atomic mass is 9.80. The Bertz CT molecular complexity index is 1410. The Hall–Kier alpha value is -4.17. The van der Waals surface area contributed by atoms with Gasteiger partial charge in [0.05, 0.1) is 16.2 Å². The SMILES string of the molecule is Cc1c(C(O)(c2ccc(N(C)C)cc2)c2cccc([N+](=O)[O-])c2)c(=O)n(-c2ccccc2)n1C. The molecule has 1 unspecified atom stereocenters. The summed E-state index contributed by atoms with van der Waals surface area (Å²) < 4.78 is 3.17. The first-order valence-electron chi connectivity index (χ1n) is 10.8. The molecule has 0 aliphatic rings. The summed E-state index contributed by atoms with van der Waals surface area (Å²) in [6, 6.07) is 22.1. The van der Waals surface area contributed by atoms with E-state index in [1.165, 1.54) is 22.9 Å². The standard InChI is InChI=1S/C26H26N4O4/c1-18-24(25(31)29(28(18)4)22-10-6-5-7-11-22)26(32,19-13-15-21(16-14-19)27(2)3)20-9-8-12-23(17-20)30(33)34/h5-17,32H,1-4H3. The molecule has 0 amide bonds. The van der Waals surface area contributed by atoms with Gasteiger partial charge in [0.15, 0.2) is 0 Å². The van der Waals surface area contributed by atoms with Gasteiger partial charge in [0.1, 0.15) is 5.60 Å². The predicted octanol–water partition coefficient (Wildman–Crippen LogP) is 3.74. The summed E-state index contributed by atoms with van der Waals surface area (Å²) in [5, 5.41) is 23.8. The van der Waals surface area contributed by atoms with Gasteiger partial charge in [0.25, 0.3) is 11.2 Å². The van der Waals surface area contributed by atoms with Gasteiger partial charge in [-0.05, 0) is 42.3 Å². The zero-order valence-corrected chi connectivity index (χ0v) is 19.5. The first-order valence-corrected chi connectivity index (χ1v) is 10.8. The first-order chi connectivity index (χ1) is 16.2. The predicted molar refractivity (Wildman–Crippen MR) is 132 cm³/mol. The van der Waals surface area contributed by atoms with Crippen molar-refractivity contribution in [3.05, 3.63) is 122 Å². The number of rotatable bonds is 6. The highest BCUT2D eigenvalue weighted by Crippen LogP contribution is 2.38. The highest BCUT2D eigenvalue weighted by Gasteiger charge is 2.41. The number of hydrogen-bond donors (Lipinski definition) is 1. The van der Waals surface area contributed by atoms with Gasteiger partial charge in [-0.15, -0.1) is 0 Å². The van der Waals surface area contributed by atoms with E-state index in [1.54, 1.807) is 36.9 Å². The fraction of sp³-hybridized carbons (Fsp3) is 0.192. The molecular weight excluding hydrogens is 432 g/mol. The molecular formula is C26H26N4O4. The molecule has 8 heteroatoms. The molecule has 0 saturated heterocycles. The van der Waals surface area contributed by atoms with Gasteiger partial charge >= 0.3 is 0 Å². The monoisotopic (exact) mass is 458 g/mol. The molecule has 0 spiro atoms. The second kappa shape index (κ2) is 8.64. The zero-order valence-electron chi connectivity index (χ0n) is 19.5. The van der Waals surface area contributed by atoms with Crippen molar-refractivity contribution in [3.63, 3.8) is 0 Å². The molecule has 0 aliphatic carbocycles. The Morgan fingerprint density at radius 2 is 1.59 bits per heavy atom. The zero-order chi connectivity index (χ0) is 24.6. The lowest BCUT2D eigenvalue weighted by Crippen LogP contribution is -2.35. The molecule has 0 radical (unpaired) electrons. The minimum absolute atomic E-state index is 0.136. The number of nitrogens with zero attached hydrogens (tertiary/aromatic N) is 4. The maximum Gasteiger partial charge on any atom is 0.278 e. The van der Waals surface area contributed by atoms with E-state index in [0.717, 1.165) is 5.69 Å². The van der Waals surface area contributed by atoms with E-state index in [0.29, 0.717) is 16.9 Å². The number of non-ortho nitro benzene ring substituents is 1. The molecule has 0 aliphatic heterocycles. The van der Waals surface area contributed by atoms with Crippen molar-refractivity contribution >= 4 is 11.4 Å².